The molecule has 0 aliphatic heterocycles. The summed E-state index contributed by atoms with van der Waals surface area (Å²) < 4.78 is 6.84. The molecule has 0 radical (unpaired) electrons. The first-order valence-corrected chi connectivity index (χ1v) is 16.1. The number of benzene rings is 4. The van der Waals surface area contributed by atoms with Crippen molar-refractivity contribution >= 4 is 12.2 Å². The van der Waals surface area contributed by atoms with Crippen molar-refractivity contribution in [3.63, 3.8) is 0 Å². The quantitative estimate of drug-likeness (QED) is 0.206. The molecule has 0 amide bonds. The summed E-state index contributed by atoms with van der Waals surface area (Å²) in [4.78, 5) is 0. The lowest BCUT2D eigenvalue weighted by molar-refractivity contribution is 0.0923. The summed E-state index contributed by atoms with van der Waals surface area (Å²) in [6, 6.07) is 31.8. The highest BCUT2D eigenvalue weighted by Gasteiger charge is 2.30. The molecule has 1 nitrogen and oxygen atoms in total. The summed E-state index contributed by atoms with van der Waals surface area (Å²) in [6.45, 7) is 16.6. The number of fused-ring (bicyclic) bond motifs is 2. The third-order valence-electron chi connectivity index (χ3n) is 9.57. The van der Waals surface area contributed by atoms with Gasteiger partial charge in [-0.1, -0.05) is 146 Å². The van der Waals surface area contributed by atoms with Crippen molar-refractivity contribution in [3.8, 4) is 22.3 Å². The van der Waals surface area contributed by atoms with Gasteiger partial charge in [-0.3, -0.25) is 0 Å². The van der Waals surface area contributed by atoms with Crippen LogP contribution in [0.15, 0.2) is 96.1 Å². The fraction of sp³-hybridized carbons (Fsp3) is 0.333. The Labute approximate surface area is 259 Å². The zero-order chi connectivity index (χ0) is 30.3. The van der Waals surface area contributed by atoms with Gasteiger partial charge in [0.15, 0.2) is 0 Å². The summed E-state index contributed by atoms with van der Waals surface area (Å²) in [5.41, 5.74) is 16.2. The van der Waals surface area contributed by atoms with Crippen LogP contribution in [-0.4, -0.2) is 6.61 Å². The molecule has 43 heavy (non-hydrogen) atoms. The maximum atomic E-state index is 6.84. The van der Waals surface area contributed by atoms with E-state index < -0.39 is 0 Å². The van der Waals surface area contributed by atoms with Gasteiger partial charge >= 0.3 is 0 Å². The van der Waals surface area contributed by atoms with Crippen molar-refractivity contribution < 1.29 is 4.74 Å². The van der Waals surface area contributed by atoms with E-state index in [9.17, 15) is 0 Å². The van der Waals surface area contributed by atoms with E-state index in [1.54, 1.807) is 0 Å². The Morgan fingerprint density at radius 2 is 1.37 bits per heavy atom. The Bertz CT molecular complexity index is 1670. The molecule has 0 heterocycles. The Hall–Kier alpha value is -3.68. The highest BCUT2D eigenvalue weighted by molar-refractivity contribution is 5.83. The third kappa shape index (κ3) is 5.80. The highest BCUT2D eigenvalue weighted by atomic mass is 16.5. The molecule has 220 valence electrons. The Morgan fingerprint density at radius 3 is 2.00 bits per heavy atom. The predicted octanol–water partition coefficient (Wildman–Crippen LogP) is 11.6. The minimum absolute atomic E-state index is 0.0130. The summed E-state index contributed by atoms with van der Waals surface area (Å²) in [6.07, 6.45) is 6.89. The van der Waals surface area contributed by atoms with Gasteiger partial charge in [0, 0.05) is 0 Å². The van der Waals surface area contributed by atoms with E-state index in [-0.39, 0.29) is 11.5 Å². The molecule has 1 heteroatoms. The third-order valence-corrected chi connectivity index (χ3v) is 9.57. The highest BCUT2D eigenvalue weighted by Crippen LogP contribution is 2.45. The summed E-state index contributed by atoms with van der Waals surface area (Å²) >= 11 is 0. The van der Waals surface area contributed by atoms with E-state index in [4.69, 9.17) is 4.74 Å². The average molecular weight is 567 g/mol. The lowest BCUT2D eigenvalue weighted by atomic mass is 9.86. The van der Waals surface area contributed by atoms with Crippen LogP contribution in [0.4, 0.5) is 0 Å². The van der Waals surface area contributed by atoms with Crippen LogP contribution in [0.5, 0.6) is 0 Å². The van der Waals surface area contributed by atoms with Crippen LogP contribution < -0.4 is 0 Å². The SMILES string of the molecule is CCC(C)c1ccc(-c2cccc3c2C=C(COC2C(C(C)C)=Cc4c(-c5ccc(C(C)(C)C)cc5)cccc42)C3)cc1. The van der Waals surface area contributed by atoms with Crippen LogP contribution >= 0.6 is 0 Å². The number of ether oxygens (including phenoxy) is 1. The zero-order valence-corrected chi connectivity index (χ0v) is 27.0. The molecule has 0 bridgehead atoms. The fourth-order valence-corrected chi connectivity index (χ4v) is 6.65. The Kier molecular flexibility index (Phi) is 8.05. The molecule has 2 aliphatic carbocycles. The van der Waals surface area contributed by atoms with E-state index in [2.05, 4.69) is 146 Å². The van der Waals surface area contributed by atoms with Crippen LogP contribution in [0.25, 0.3) is 34.4 Å². The van der Waals surface area contributed by atoms with Gasteiger partial charge in [0.05, 0.1) is 6.61 Å². The molecule has 0 spiro atoms. The largest absolute Gasteiger partial charge is 0.365 e. The van der Waals surface area contributed by atoms with Gasteiger partial charge in [-0.25, -0.2) is 0 Å². The molecule has 6 rings (SSSR count). The van der Waals surface area contributed by atoms with Crippen molar-refractivity contribution in [1.82, 2.24) is 0 Å². The monoisotopic (exact) mass is 566 g/mol. The molecule has 4 aromatic rings. The maximum Gasteiger partial charge on any atom is 0.105 e. The smallest absolute Gasteiger partial charge is 0.105 e. The minimum atomic E-state index is -0.0130. The molecular formula is C42H46O. The number of hydrogen-bond donors (Lipinski definition) is 0. The molecule has 2 unspecified atom stereocenters. The van der Waals surface area contributed by atoms with Crippen LogP contribution in [0.1, 0.15) is 100 Å². The molecule has 0 saturated heterocycles. The van der Waals surface area contributed by atoms with E-state index in [1.165, 1.54) is 66.8 Å². The lowest BCUT2D eigenvalue weighted by Crippen LogP contribution is -2.11. The maximum absolute atomic E-state index is 6.84. The van der Waals surface area contributed by atoms with E-state index in [1.807, 2.05) is 0 Å². The predicted molar refractivity (Wildman–Crippen MR) is 184 cm³/mol. The van der Waals surface area contributed by atoms with Crippen molar-refractivity contribution in [3.05, 3.63) is 129 Å². The summed E-state index contributed by atoms with van der Waals surface area (Å²) in [5, 5.41) is 0. The molecular weight excluding hydrogens is 520 g/mol. The average Bonchev–Trinajstić information content (AvgIpc) is 3.60. The number of rotatable bonds is 8. The Balaban J connectivity index is 1.24. The first-order valence-electron chi connectivity index (χ1n) is 16.1. The van der Waals surface area contributed by atoms with Gasteiger partial charge in [-0.2, -0.15) is 0 Å². The molecule has 0 saturated carbocycles. The van der Waals surface area contributed by atoms with Crippen LogP contribution in [0.2, 0.25) is 0 Å². The van der Waals surface area contributed by atoms with Gasteiger partial charge in [-0.05, 0) is 96.9 Å². The van der Waals surface area contributed by atoms with Crippen molar-refractivity contribution in [1.29, 1.82) is 0 Å². The number of hydrogen-bond acceptors (Lipinski definition) is 1. The van der Waals surface area contributed by atoms with Gasteiger partial charge in [-0.15, -0.1) is 0 Å². The van der Waals surface area contributed by atoms with Gasteiger partial charge in [0.25, 0.3) is 0 Å². The molecule has 4 aromatic carbocycles. The first kappa shape index (κ1) is 29.4. The summed E-state index contributed by atoms with van der Waals surface area (Å²) in [7, 11) is 0. The molecule has 2 aliphatic rings. The molecule has 0 N–H and O–H groups in total. The normalized spacial score (nSPS) is 16.6. The van der Waals surface area contributed by atoms with Gasteiger partial charge in [0.2, 0.25) is 0 Å². The standard InChI is InChI=1S/C42H46O/c1-8-28(4)30-15-17-31(18-16-30)35-12-9-11-33-23-29(24-39(33)35)26-43-41-37-14-10-13-36(40(37)25-38(41)27(2)3)32-19-21-34(22-20-32)42(5,6)7/h9-22,24-25,27-28,41H,8,23,26H2,1-7H3. The molecule has 0 aromatic heterocycles. The fourth-order valence-electron chi connectivity index (χ4n) is 6.65. The molecule has 0 fully saturated rings. The van der Waals surface area contributed by atoms with Gasteiger partial charge in [0.1, 0.15) is 6.10 Å². The van der Waals surface area contributed by atoms with Crippen molar-refractivity contribution in [2.45, 2.75) is 78.7 Å². The van der Waals surface area contributed by atoms with Crippen LogP contribution in [-0.2, 0) is 16.6 Å². The van der Waals surface area contributed by atoms with Crippen LogP contribution in [0.3, 0.4) is 0 Å². The van der Waals surface area contributed by atoms with Crippen molar-refractivity contribution in [2.75, 3.05) is 6.61 Å². The first-order chi connectivity index (χ1) is 20.6. The second kappa shape index (κ2) is 11.8. The zero-order valence-electron chi connectivity index (χ0n) is 27.0. The minimum Gasteiger partial charge on any atom is -0.365 e. The second-order valence-corrected chi connectivity index (χ2v) is 13.9. The van der Waals surface area contributed by atoms with E-state index in [0.717, 1.165) is 12.8 Å². The molecule has 2 atom stereocenters. The van der Waals surface area contributed by atoms with E-state index >= 15 is 0 Å². The Morgan fingerprint density at radius 1 is 0.744 bits per heavy atom. The topological polar surface area (TPSA) is 9.23 Å². The van der Waals surface area contributed by atoms with Crippen molar-refractivity contribution in [2.24, 2.45) is 5.92 Å². The van der Waals surface area contributed by atoms with Crippen LogP contribution in [0, 0.1) is 5.92 Å². The lowest BCUT2D eigenvalue weighted by Gasteiger charge is -2.21. The van der Waals surface area contributed by atoms with E-state index in [0.29, 0.717) is 18.4 Å². The van der Waals surface area contributed by atoms with Gasteiger partial charge < -0.3 is 4.74 Å². The summed E-state index contributed by atoms with van der Waals surface area (Å²) in [5.74, 6) is 1.00. The second-order valence-electron chi connectivity index (χ2n) is 13.9.